The Morgan fingerprint density at radius 3 is 1.41 bits per heavy atom. The molecule has 4 amide bonds. The number of carbonyl (C=O) groups excluding carboxylic acids is 4. The fourth-order valence-corrected chi connectivity index (χ4v) is 2.40. The van der Waals surface area contributed by atoms with E-state index in [0.29, 0.717) is 0 Å². The third-order valence-electron chi connectivity index (χ3n) is 3.59. The van der Waals surface area contributed by atoms with E-state index in [-0.39, 0.29) is 26.1 Å². The van der Waals surface area contributed by atoms with Crippen molar-refractivity contribution < 1.29 is 33.4 Å². The zero-order valence-corrected chi connectivity index (χ0v) is 21.9. The van der Waals surface area contributed by atoms with E-state index in [1.807, 2.05) is 0 Å². The van der Waals surface area contributed by atoms with Crippen molar-refractivity contribution in [1.82, 2.24) is 21.3 Å². The molecule has 0 bridgehead atoms. The SMILES string of the molecule is CC(C)(C)OC(=O)NCC(CNC(=O)OC(C)(C)C)NC(=O)[C@H](CCN)NC(=O)OC(C)(C)C. The molecule has 12 heteroatoms. The molecule has 34 heavy (non-hydrogen) atoms. The first-order valence-electron chi connectivity index (χ1n) is 11.2. The van der Waals surface area contributed by atoms with Gasteiger partial charge in [-0.1, -0.05) is 0 Å². The normalized spacial score (nSPS) is 12.9. The van der Waals surface area contributed by atoms with Gasteiger partial charge in [0.05, 0.1) is 6.04 Å². The van der Waals surface area contributed by atoms with E-state index in [1.165, 1.54) is 0 Å². The average Bonchev–Trinajstić information content (AvgIpc) is 2.59. The Hall–Kier alpha value is -2.76. The van der Waals surface area contributed by atoms with Crippen molar-refractivity contribution in [2.24, 2.45) is 5.73 Å². The highest BCUT2D eigenvalue weighted by molar-refractivity contribution is 5.86. The lowest BCUT2D eigenvalue weighted by molar-refractivity contribution is -0.124. The van der Waals surface area contributed by atoms with Crippen molar-refractivity contribution >= 4 is 24.2 Å². The number of nitrogens with one attached hydrogen (secondary N) is 4. The zero-order valence-electron chi connectivity index (χ0n) is 21.9. The van der Waals surface area contributed by atoms with Crippen LogP contribution in [0.2, 0.25) is 0 Å². The molecule has 0 aromatic rings. The molecular weight excluding hydrogens is 446 g/mol. The summed E-state index contributed by atoms with van der Waals surface area (Å²) in [4.78, 5) is 49.1. The van der Waals surface area contributed by atoms with Gasteiger partial charge in [-0.2, -0.15) is 0 Å². The fraction of sp³-hybridized carbons (Fsp3) is 0.818. The van der Waals surface area contributed by atoms with Crippen LogP contribution in [-0.4, -0.2) is 72.7 Å². The van der Waals surface area contributed by atoms with E-state index in [2.05, 4.69) is 21.3 Å². The zero-order chi connectivity index (χ0) is 26.7. The van der Waals surface area contributed by atoms with Gasteiger partial charge in [0.2, 0.25) is 5.91 Å². The van der Waals surface area contributed by atoms with Gasteiger partial charge in [-0.3, -0.25) is 4.79 Å². The number of ether oxygens (including phenoxy) is 3. The maximum atomic E-state index is 12.9. The number of carbonyl (C=O) groups is 4. The summed E-state index contributed by atoms with van der Waals surface area (Å²) in [6.45, 7) is 15.4. The van der Waals surface area contributed by atoms with Gasteiger partial charge in [-0.25, -0.2) is 14.4 Å². The van der Waals surface area contributed by atoms with E-state index in [0.717, 1.165) is 0 Å². The summed E-state index contributed by atoms with van der Waals surface area (Å²) in [5.41, 5.74) is 3.44. The van der Waals surface area contributed by atoms with Crippen molar-refractivity contribution in [1.29, 1.82) is 0 Å². The highest BCUT2D eigenvalue weighted by Gasteiger charge is 2.27. The van der Waals surface area contributed by atoms with Crippen LogP contribution in [0.25, 0.3) is 0 Å². The van der Waals surface area contributed by atoms with Crippen LogP contribution in [0, 0.1) is 0 Å². The predicted octanol–water partition coefficient (Wildman–Crippen LogP) is 1.76. The second-order valence-corrected chi connectivity index (χ2v) is 10.7. The first-order valence-corrected chi connectivity index (χ1v) is 11.2. The summed E-state index contributed by atoms with van der Waals surface area (Å²) in [6, 6.07) is -1.72. The Labute approximate surface area is 202 Å². The first-order chi connectivity index (χ1) is 15.3. The Bertz CT molecular complexity index is 661. The van der Waals surface area contributed by atoms with E-state index >= 15 is 0 Å². The Morgan fingerprint density at radius 2 is 1.06 bits per heavy atom. The summed E-state index contributed by atoms with van der Waals surface area (Å²) < 4.78 is 15.6. The quantitative estimate of drug-likeness (QED) is 0.305. The number of hydrogen-bond acceptors (Lipinski definition) is 8. The standard InChI is InChI=1S/C22H43N5O7/c1-20(2,3)32-17(29)24-12-14(13-25-18(30)33-21(4,5)6)26-16(28)15(10-11-23)27-19(31)34-22(7,8)9/h14-15H,10-13,23H2,1-9H3,(H,24,29)(H,25,30)(H,26,28)(H,27,31)/t15-/m0/s1. The van der Waals surface area contributed by atoms with E-state index < -0.39 is 53.1 Å². The van der Waals surface area contributed by atoms with Crippen LogP contribution in [-0.2, 0) is 19.0 Å². The third-order valence-corrected chi connectivity index (χ3v) is 3.59. The Balaban J connectivity index is 5.26. The number of nitrogens with two attached hydrogens (primary N) is 1. The average molecular weight is 490 g/mol. The maximum absolute atomic E-state index is 12.9. The van der Waals surface area contributed by atoms with Crippen molar-refractivity contribution in [3.05, 3.63) is 0 Å². The topological polar surface area (TPSA) is 170 Å². The van der Waals surface area contributed by atoms with Gasteiger partial charge in [0, 0.05) is 13.1 Å². The van der Waals surface area contributed by atoms with Crippen molar-refractivity contribution in [3.8, 4) is 0 Å². The van der Waals surface area contributed by atoms with E-state index in [9.17, 15) is 19.2 Å². The monoisotopic (exact) mass is 489 g/mol. The van der Waals surface area contributed by atoms with Crippen LogP contribution in [0.4, 0.5) is 14.4 Å². The van der Waals surface area contributed by atoms with Crippen LogP contribution in [0.15, 0.2) is 0 Å². The molecule has 0 radical (unpaired) electrons. The fourth-order valence-electron chi connectivity index (χ4n) is 2.40. The lowest BCUT2D eigenvalue weighted by Gasteiger charge is -2.26. The number of alkyl carbamates (subject to hydrolysis) is 3. The molecule has 0 heterocycles. The Kier molecular flexibility index (Phi) is 12.1. The molecule has 0 fully saturated rings. The molecule has 0 spiro atoms. The molecule has 198 valence electrons. The third kappa shape index (κ3) is 16.8. The van der Waals surface area contributed by atoms with Crippen molar-refractivity contribution in [2.75, 3.05) is 19.6 Å². The molecule has 0 aliphatic carbocycles. The summed E-state index contributed by atoms with van der Waals surface area (Å²) in [5, 5.41) is 10.3. The molecule has 12 nitrogen and oxygen atoms in total. The van der Waals surface area contributed by atoms with Gasteiger partial charge in [-0.15, -0.1) is 0 Å². The molecule has 6 N–H and O–H groups in total. The molecule has 0 rings (SSSR count). The van der Waals surface area contributed by atoms with E-state index in [1.54, 1.807) is 62.3 Å². The predicted molar refractivity (Wildman–Crippen MR) is 127 cm³/mol. The van der Waals surface area contributed by atoms with Crippen LogP contribution in [0.1, 0.15) is 68.7 Å². The molecule has 1 atom stereocenters. The minimum Gasteiger partial charge on any atom is -0.444 e. The van der Waals surface area contributed by atoms with Crippen molar-refractivity contribution in [2.45, 2.75) is 97.6 Å². The minimum absolute atomic E-state index is 0.0573. The highest BCUT2D eigenvalue weighted by atomic mass is 16.6. The van der Waals surface area contributed by atoms with Gasteiger partial charge in [0.1, 0.15) is 22.8 Å². The second kappa shape index (κ2) is 13.2. The molecular formula is C22H43N5O7. The summed E-state index contributed by atoms with van der Waals surface area (Å²) >= 11 is 0. The first kappa shape index (κ1) is 31.2. The van der Waals surface area contributed by atoms with Crippen molar-refractivity contribution in [3.63, 3.8) is 0 Å². The van der Waals surface area contributed by atoms with Crippen LogP contribution in [0.3, 0.4) is 0 Å². The highest BCUT2D eigenvalue weighted by Crippen LogP contribution is 2.08. The van der Waals surface area contributed by atoms with Gasteiger partial charge >= 0.3 is 18.3 Å². The van der Waals surface area contributed by atoms with Gasteiger partial charge in [0.25, 0.3) is 0 Å². The van der Waals surface area contributed by atoms with Crippen LogP contribution >= 0.6 is 0 Å². The summed E-state index contributed by atoms with van der Waals surface area (Å²) in [6.07, 6.45) is -1.99. The van der Waals surface area contributed by atoms with Gasteiger partial charge in [-0.05, 0) is 75.3 Å². The second-order valence-electron chi connectivity index (χ2n) is 10.7. The maximum Gasteiger partial charge on any atom is 0.408 e. The smallest absolute Gasteiger partial charge is 0.408 e. The number of hydrogen-bond donors (Lipinski definition) is 5. The van der Waals surface area contributed by atoms with Crippen LogP contribution < -0.4 is 27.0 Å². The molecule has 0 unspecified atom stereocenters. The van der Waals surface area contributed by atoms with Gasteiger partial charge < -0.3 is 41.2 Å². The lowest BCUT2D eigenvalue weighted by Crippen LogP contribution is -2.56. The van der Waals surface area contributed by atoms with Crippen LogP contribution in [0.5, 0.6) is 0 Å². The largest absolute Gasteiger partial charge is 0.444 e. The molecule has 0 aromatic heterocycles. The molecule has 0 aliphatic rings. The Morgan fingerprint density at radius 1 is 0.676 bits per heavy atom. The number of rotatable bonds is 9. The summed E-state index contributed by atoms with van der Waals surface area (Å²) in [7, 11) is 0. The molecule has 0 aliphatic heterocycles. The molecule has 0 aromatic carbocycles. The summed E-state index contributed by atoms with van der Waals surface area (Å²) in [5.74, 6) is -0.557. The van der Waals surface area contributed by atoms with Gasteiger partial charge in [0.15, 0.2) is 0 Å². The molecule has 0 saturated carbocycles. The minimum atomic E-state index is -0.981. The molecule has 0 saturated heterocycles. The lowest BCUT2D eigenvalue weighted by atomic mass is 10.1. The number of amides is 4. The van der Waals surface area contributed by atoms with E-state index in [4.69, 9.17) is 19.9 Å².